The Balaban J connectivity index is 1.56. The summed E-state index contributed by atoms with van der Waals surface area (Å²) in [7, 11) is 1.45. The van der Waals surface area contributed by atoms with Gasteiger partial charge in [0.25, 0.3) is 5.91 Å². The van der Waals surface area contributed by atoms with Crippen LogP contribution in [0.5, 0.6) is 5.75 Å². The number of aromatic nitrogens is 1. The Hall–Kier alpha value is -2.41. The molecule has 1 saturated heterocycles. The summed E-state index contributed by atoms with van der Waals surface area (Å²) in [5, 5.41) is 0. The molecule has 1 amide bonds. The van der Waals surface area contributed by atoms with Crippen LogP contribution in [-0.2, 0) is 6.54 Å². The molecule has 0 aliphatic carbocycles. The molecular weight excluding hydrogens is 313 g/mol. The van der Waals surface area contributed by atoms with Crippen molar-refractivity contribution < 1.29 is 18.3 Å². The lowest BCUT2D eigenvalue weighted by atomic mass is 10.1. The molecule has 1 aliphatic rings. The average molecular weight is 333 g/mol. The maximum atomic E-state index is 13.8. The third kappa shape index (κ3) is 3.41. The van der Waals surface area contributed by atoms with Crippen molar-refractivity contribution in [2.24, 2.45) is 0 Å². The highest BCUT2D eigenvalue weighted by molar-refractivity contribution is 5.93. The number of aryl methyl sites for hydroxylation is 1. The van der Waals surface area contributed by atoms with Gasteiger partial charge in [-0.25, -0.2) is 9.37 Å². The second-order valence-corrected chi connectivity index (χ2v) is 5.79. The topological polar surface area (TPSA) is 58.8 Å². The molecule has 24 heavy (non-hydrogen) atoms. The highest BCUT2D eigenvalue weighted by atomic mass is 19.1. The predicted molar refractivity (Wildman–Crippen MR) is 85.4 cm³/mol. The fourth-order valence-electron chi connectivity index (χ4n) is 2.84. The van der Waals surface area contributed by atoms with Crippen molar-refractivity contribution in [3.63, 3.8) is 0 Å². The van der Waals surface area contributed by atoms with Gasteiger partial charge < -0.3 is 14.1 Å². The first-order chi connectivity index (χ1) is 11.6. The first-order valence-electron chi connectivity index (χ1n) is 7.82. The molecule has 0 spiro atoms. The van der Waals surface area contributed by atoms with E-state index in [1.165, 1.54) is 19.6 Å². The van der Waals surface area contributed by atoms with E-state index in [2.05, 4.69) is 9.88 Å². The number of oxazole rings is 1. The lowest BCUT2D eigenvalue weighted by molar-refractivity contribution is 0.0621. The third-order valence-electron chi connectivity index (χ3n) is 4.23. The van der Waals surface area contributed by atoms with Gasteiger partial charge in [-0.05, 0) is 24.6 Å². The molecular formula is C17H20FN3O3. The fourth-order valence-corrected chi connectivity index (χ4v) is 2.84. The minimum atomic E-state index is -0.356. The molecule has 6 nitrogen and oxygen atoms in total. The van der Waals surface area contributed by atoms with Gasteiger partial charge in [0.1, 0.15) is 5.76 Å². The molecule has 0 atom stereocenters. The van der Waals surface area contributed by atoms with Gasteiger partial charge in [0.15, 0.2) is 23.7 Å². The standard InChI is InChI=1S/C17H20FN3O3/c1-12-16(19-11-24-12)17(22)21-7-5-20(6-8-21)10-13-3-4-15(23-2)14(18)9-13/h3-4,9,11H,5-8,10H2,1-2H3. The van der Waals surface area contributed by atoms with Gasteiger partial charge in [-0.15, -0.1) is 0 Å². The summed E-state index contributed by atoms with van der Waals surface area (Å²) >= 11 is 0. The van der Waals surface area contributed by atoms with Crippen LogP contribution in [0.2, 0.25) is 0 Å². The minimum absolute atomic E-state index is 0.101. The largest absolute Gasteiger partial charge is 0.494 e. The zero-order valence-corrected chi connectivity index (χ0v) is 13.8. The lowest BCUT2D eigenvalue weighted by Gasteiger charge is -2.34. The highest BCUT2D eigenvalue weighted by Crippen LogP contribution is 2.19. The van der Waals surface area contributed by atoms with E-state index in [0.29, 0.717) is 31.1 Å². The third-order valence-corrected chi connectivity index (χ3v) is 4.23. The zero-order valence-electron chi connectivity index (χ0n) is 13.8. The molecule has 2 aromatic rings. The first-order valence-corrected chi connectivity index (χ1v) is 7.82. The Morgan fingerprint density at radius 3 is 2.67 bits per heavy atom. The molecule has 1 fully saturated rings. The fraction of sp³-hybridized carbons (Fsp3) is 0.412. The maximum Gasteiger partial charge on any atom is 0.276 e. The number of halogens is 1. The van der Waals surface area contributed by atoms with Crippen LogP contribution < -0.4 is 4.74 Å². The van der Waals surface area contributed by atoms with Crippen LogP contribution in [0.4, 0.5) is 4.39 Å². The van der Waals surface area contributed by atoms with E-state index in [1.807, 2.05) is 6.07 Å². The summed E-state index contributed by atoms with van der Waals surface area (Å²) in [5.74, 6) is 0.329. The number of carbonyl (C=O) groups is 1. The highest BCUT2D eigenvalue weighted by Gasteiger charge is 2.25. The van der Waals surface area contributed by atoms with Crippen LogP contribution in [-0.4, -0.2) is 54.0 Å². The molecule has 7 heteroatoms. The SMILES string of the molecule is COc1ccc(CN2CCN(C(=O)c3ncoc3C)CC2)cc1F. The molecule has 2 heterocycles. The summed E-state index contributed by atoms with van der Waals surface area (Å²) in [4.78, 5) is 20.3. The van der Waals surface area contributed by atoms with Gasteiger partial charge in [-0.3, -0.25) is 9.69 Å². The number of nitrogens with zero attached hydrogens (tertiary/aromatic N) is 3. The van der Waals surface area contributed by atoms with Crippen LogP contribution in [0.25, 0.3) is 0 Å². The predicted octanol–water partition coefficient (Wildman–Crippen LogP) is 2.09. The second kappa shape index (κ2) is 7.00. The van der Waals surface area contributed by atoms with E-state index in [-0.39, 0.29) is 17.5 Å². The van der Waals surface area contributed by atoms with E-state index < -0.39 is 0 Å². The Kier molecular flexibility index (Phi) is 4.80. The van der Waals surface area contributed by atoms with Crippen LogP contribution in [0.1, 0.15) is 21.8 Å². The van der Waals surface area contributed by atoms with E-state index in [1.54, 1.807) is 17.9 Å². The van der Waals surface area contributed by atoms with E-state index in [4.69, 9.17) is 9.15 Å². The van der Waals surface area contributed by atoms with Crippen molar-refractivity contribution in [1.29, 1.82) is 0 Å². The van der Waals surface area contributed by atoms with Crippen molar-refractivity contribution in [2.75, 3.05) is 33.3 Å². The Bertz CT molecular complexity index is 724. The van der Waals surface area contributed by atoms with Gasteiger partial charge in [0.05, 0.1) is 7.11 Å². The minimum Gasteiger partial charge on any atom is -0.494 e. The molecule has 0 radical (unpaired) electrons. The number of ether oxygens (including phenoxy) is 1. The molecule has 1 aliphatic heterocycles. The van der Waals surface area contributed by atoms with Crippen LogP contribution in [0, 0.1) is 12.7 Å². The number of piperazine rings is 1. The van der Waals surface area contributed by atoms with Crippen LogP contribution in [0.15, 0.2) is 29.0 Å². The number of carbonyl (C=O) groups excluding carboxylic acids is 1. The number of rotatable bonds is 4. The number of amides is 1. The molecule has 0 N–H and O–H groups in total. The van der Waals surface area contributed by atoms with E-state index in [0.717, 1.165) is 18.7 Å². The van der Waals surface area contributed by atoms with Crippen molar-refractivity contribution in [3.8, 4) is 5.75 Å². The number of methoxy groups -OCH3 is 1. The molecule has 3 rings (SSSR count). The van der Waals surface area contributed by atoms with Gasteiger partial charge in [0, 0.05) is 32.7 Å². The zero-order chi connectivity index (χ0) is 17.1. The smallest absolute Gasteiger partial charge is 0.276 e. The van der Waals surface area contributed by atoms with Crippen molar-refractivity contribution in [2.45, 2.75) is 13.5 Å². The van der Waals surface area contributed by atoms with Crippen molar-refractivity contribution in [1.82, 2.24) is 14.8 Å². The summed E-state index contributed by atoms with van der Waals surface area (Å²) in [6, 6.07) is 4.99. The first kappa shape index (κ1) is 16.4. The summed E-state index contributed by atoms with van der Waals surface area (Å²) in [6.45, 7) is 5.07. The van der Waals surface area contributed by atoms with Crippen LogP contribution in [0.3, 0.4) is 0 Å². The van der Waals surface area contributed by atoms with Gasteiger partial charge in [-0.1, -0.05) is 6.07 Å². The second-order valence-electron chi connectivity index (χ2n) is 5.79. The molecule has 128 valence electrons. The van der Waals surface area contributed by atoms with Crippen molar-refractivity contribution >= 4 is 5.91 Å². The average Bonchev–Trinajstić information content (AvgIpc) is 3.01. The lowest BCUT2D eigenvalue weighted by Crippen LogP contribution is -2.48. The monoisotopic (exact) mass is 333 g/mol. The summed E-state index contributed by atoms with van der Waals surface area (Å²) < 4.78 is 23.8. The Labute approximate surface area is 139 Å². The maximum absolute atomic E-state index is 13.8. The molecule has 0 bridgehead atoms. The van der Waals surface area contributed by atoms with E-state index >= 15 is 0 Å². The molecule has 1 aromatic heterocycles. The molecule has 1 aromatic carbocycles. The van der Waals surface area contributed by atoms with Gasteiger partial charge >= 0.3 is 0 Å². The number of hydrogen-bond donors (Lipinski definition) is 0. The summed E-state index contributed by atoms with van der Waals surface area (Å²) in [5.41, 5.74) is 1.26. The Morgan fingerprint density at radius 2 is 2.08 bits per heavy atom. The van der Waals surface area contributed by atoms with Crippen LogP contribution >= 0.6 is 0 Å². The number of hydrogen-bond acceptors (Lipinski definition) is 5. The summed E-state index contributed by atoms with van der Waals surface area (Å²) in [6.07, 6.45) is 1.29. The van der Waals surface area contributed by atoms with E-state index in [9.17, 15) is 9.18 Å². The van der Waals surface area contributed by atoms with Crippen molar-refractivity contribution in [3.05, 3.63) is 47.4 Å². The Morgan fingerprint density at radius 1 is 1.33 bits per heavy atom. The molecule has 0 unspecified atom stereocenters. The molecule has 0 saturated carbocycles. The number of benzene rings is 1. The van der Waals surface area contributed by atoms with Gasteiger partial charge in [0.2, 0.25) is 0 Å². The van der Waals surface area contributed by atoms with Gasteiger partial charge in [-0.2, -0.15) is 0 Å². The normalized spacial score (nSPS) is 15.5. The quantitative estimate of drug-likeness (QED) is 0.857.